The number of hydrogen-bond acceptors (Lipinski definition) is 23. The fourth-order valence-corrected chi connectivity index (χ4v) is 12.9. The summed E-state index contributed by atoms with van der Waals surface area (Å²) in [5.41, 5.74) is 0. The van der Waals surface area contributed by atoms with Crippen molar-refractivity contribution < 1.29 is 117 Å². The zero-order chi connectivity index (χ0) is 71.1. The number of unbranched alkanes of at least 4 members (excludes halogenated alkanes) is 30. The van der Waals surface area contributed by atoms with Crippen molar-refractivity contribution in [3.05, 3.63) is 36.5 Å². The number of phosphoric ester groups is 1. The Hall–Kier alpha value is -2.82. The zero-order valence-electron chi connectivity index (χ0n) is 58.9. The molecule has 2 saturated heterocycles. The molecule has 97 heavy (non-hydrogen) atoms. The largest absolute Gasteiger partial charge is 0.472 e. The van der Waals surface area contributed by atoms with E-state index in [2.05, 4.69) is 57.2 Å². The number of esters is 3. The monoisotopic (exact) mass is 1410 g/mol. The number of hydrogen-bond donors (Lipinski definition) is 11. The zero-order valence-corrected chi connectivity index (χ0v) is 59.8. The molecule has 1 aliphatic carbocycles. The highest BCUT2D eigenvalue weighted by molar-refractivity contribution is 7.47. The van der Waals surface area contributed by atoms with Gasteiger partial charge >= 0.3 is 25.7 Å². The van der Waals surface area contributed by atoms with E-state index in [1.807, 2.05) is 0 Å². The lowest BCUT2D eigenvalue weighted by atomic mass is 9.84. The van der Waals surface area contributed by atoms with E-state index in [-0.39, 0.29) is 19.3 Å². The first-order chi connectivity index (χ1) is 46.8. The molecule has 566 valence electrons. The molecule has 18 unspecified atom stereocenters. The van der Waals surface area contributed by atoms with Gasteiger partial charge in [-0.25, -0.2) is 4.57 Å². The first-order valence-electron chi connectivity index (χ1n) is 37.3. The van der Waals surface area contributed by atoms with E-state index >= 15 is 0 Å². The maximum absolute atomic E-state index is 14.3. The van der Waals surface area contributed by atoms with Crippen LogP contribution in [-0.2, 0) is 61.2 Å². The number of ether oxygens (including phenoxy) is 7. The highest BCUT2D eigenvalue weighted by Crippen LogP contribution is 2.49. The van der Waals surface area contributed by atoms with Gasteiger partial charge < -0.3 is 89.1 Å². The normalized spacial score (nSPS) is 28.0. The van der Waals surface area contributed by atoms with Crippen LogP contribution >= 0.6 is 7.82 Å². The third-order valence-corrected chi connectivity index (χ3v) is 19.1. The van der Waals surface area contributed by atoms with Crippen LogP contribution in [0.5, 0.6) is 0 Å². The van der Waals surface area contributed by atoms with Crippen molar-refractivity contribution in [2.24, 2.45) is 0 Å². The summed E-state index contributed by atoms with van der Waals surface area (Å²) in [7, 11) is -5.70. The van der Waals surface area contributed by atoms with Gasteiger partial charge in [0.2, 0.25) is 0 Å². The maximum atomic E-state index is 14.3. The van der Waals surface area contributed by atoms with E-state index in [0.717, 1.165) is 116 Å². The van der Waals surface area contributed by atoms with Crippen LogP contribution in [0.25, 0.3) is 0 Å². The average molecular weight is 1410 g/mol. The van der Waals surface area contributed by atoms with Crippen LogP contribution in [-0.4, -0.2) is 204 Å². The van der Waals surface area contributed by atoms with Crippen LogP contribution in [0.3, 0.4) is 0 Å². The third kappa shape index (κ3) is 37.3. The molecule has 3 aliphatic rings. The molecule has 0 aromatic heterocycles. The molecule has 24 nitrogen and oxygen atoms in total. The predicted molar refractivity (Wildman–Crippen MR) is 365 cm³/mol. The predicted octanol–water partition coefficient (Wildman–Crippen LogP) is 9.90. The van der Waals surface area contributed by atoms with Gasteiger partial charge in [0.1, 0.15) is 98.7 Å². The van der Waals surface area contributed by atoms with E-state index in [1.165, 1.54) is 96.3 Å². The molecular formula is C72H129O24P. The number of rotatable bonds is 57. The molecule has 2 heterocycles. The summed E-state index contributed by atoms with van der Waals surface area (Å²) in [6, 6.07) is 0. The van der Waals surface area contributed by atoms with Gasteiger partial charge in [-0.2, -0.15) is 0 Å². The van der Waals surface area contributed by atoms with Gasteiger partial charge in [0.15, 0.2) is 18.7 Å². The first kappa shape index (κ1) is 88.4. The molecule has 0 amide bonds. The van der Waals surface area contributed by atoms with Gasteiger partial charge in [-0.3, -0.25) is 23.4 Å². The van der Waals surface area contributed by atoms with Gasteiger partial charge in [-0.05, 0) is 96.3 Å². The van der Waals surface area contributed by atoms with Crippen LogP contribution in [0.1, 0.15) is 271 Å². The molecule has 0 bridgehead atoms. The lowest BCUT2D eigenvalue weighted by Crippen LogP contribution is -2.69. The standard InChI is InChI=1S/C72H129O24P/c1-4-7-10-13-16-19-22-25-27-30-33-36-39-42-45-48-58(76)91-53(50-88-56(74)46-43-40-37-34-32-29-26-23-20-17-14-11-8-5-2)51-90-97(86,87)96-70-68(94-71-66(84)61(79)59(77)54(49-73)92-71)64(82)63(81)65(83)69(70)95-72-67(85)62(80)60(78)55(93-72)52-89-57(75)47-44-41-38-35-31-28-24-21-18-15-12-9-6-3/h19,22,28-29,31-32,53-55,59-73,77-85H,4-18,20-21,23-27,30,33-52H2,1-3H3,(H,86,87)/b22-19-,31-28-,32-29-. The first-order valence-corrected chi connectivity index (χ1v) is 38.8. The Morgan fingerprint density at radius 2 is 0.722 bits per heavy atom. The van der Waals surface area contributed by atoms with Crippen LogP contribution in [0.15, 0.2) is 36.5 Å². The lowest BCUT2D eigenvalue weighted by molar-refractivity contribution is -0.360. The number of allylic oxidation sites excluding steroid dienone is 6. The van der Waals surface area contributed by atoms with Crippen LogP contribution < -0.4 is 0 Å². The van der Waals surface area contributed by atoms with E-state index < -0.39 is 156 Å². The highest BCUT2D eigenvalue weighted by Gasteiger charge is 2.58. The fourth-order valence-electron chi connectivity index (χ4n) is 12.0. The summed E-state index contributed by atoms with van der Waals surface area (Å²) < 4.78 is 64.9. The number of aliphatic hydroxyl groups excluding tert-OH is 10. The molecule has 1 saturated carbocycles. The summed E-state index contributed by atoms with van der Waals surface area (Å²) in [5.74, 6) is -2.03. The molecule has 2 aliphatic heterocycles. The van der Waals surface area contributed by atoms with Gasteiger partial charge in [0.05, 0.1) is 13.2 Å². The summed E-state index contributed by atoms with van der Waals surface area (Å²) in [6.45, 7) is 3.38. The van der Waals surface area contributed by atoms with Crippen molar-refractivity contribution in [1.29, 1.82) is 0 Å². The minimum absolute atomic E-state index is 0.00641. The smallest absolute Gasteiger partial charge is 0.463 e. The number of phosphoric acid groups is 1. The van der Waals surface area contributed by atoms with Crippen molar-refractivity contribution in [2.75, 3.05) is 26.4 Å². The third-order valence-electron chi connectivity index (χ3n) is 18.1. The second-order valence-electron chi connectivity index (χ2n) is 26.6. The molecular weight excluding hydrogens is 1280 g/mol. The fraction of sp³-hybridized carbons (Fsp3) is 0.875. The molecule has 0 aromatic carbocycles. The molecule has 0 radical (unpaired) electrons. The minimum atomic E-state index is -5.70. The van der Waals surface area contributed by atoms with E-state index in [9.17, 15) is 74.9 Å². The van der Waals surface area contributed by atoms with E-state index in [1.54, 1.807) is 0 Å². The van der Waals surface area contributed by atoms with Crippen LogP contribution in [0.4, 0.5) is 0 Å². The summed E-state index contributed by atoms with van der Waals surface area (Å²) >= 11 is 0. The molecule has 11 N–H and O–H groups in total. The summed E-state index contributed by atoms with van der Waals surface area (Å²) in [6.07, 6.45) is 15.0. The van der Waals surface area contributed by atoms with E-state index in [0.29, 0.717) is 19.3 Å². The molecule has 3 fully saturated rings. The molecule has 3 rings (SSSR count). The van der Waals surface area contributed by atoms with Gasteiger partial charge in [0, 0.05) is 19.3 Å². The highest BCUT2D eigenvalue weighted by atomic mass is 31.2. The number of aliphatic hydroxyl groups is 10. The molecule has 18 atom stereocenters. The second-order valence-corrected chi connectivity index (χ2v) is 28.0. The Morgan fingerprint density at radius 1 is 0.392 bits per heavy atom. The van der Waals surface area contributed by atoms with Crippen molar-refractivity contribution in [3.63, 3.8) is 0 Å². The van der Waals surface area contributed by atoms with Crippen molar-refractivity contribution in [1.82, 2.24) is 0 Å². The minimum Gasteiger partial charge on any atom is -0.463 e. The van der Waals surface area contributed by atoms with Crippen molar-refractivity contribution in [2.45, 2.75) is 375 Å². The van der Waals surface area contributed by atoms with Gasteiger partial charge in [-0.1, -0.05) is 192 Å². The summed E-state index contributed by atoms with van der Waals surface area (Å²) in [5, 5.41) is 110. The summed E-state index contributed by atoms with van der Waals surface area (Å²) in [4.78, 5) is 50.9. The Balaban J connectivity index is 1.75. The average Bonchev–Trinajstić information content (AvgIpc) is 0.764. The second kappa shape index (κ2) is 53.9. The maximum Gasteiger partial charge on any atom is 0.472 e. The molecule has 0 spiro atoms. The lowest BCUT2D eigenvalue weighted by Gasteiger charge is -2.49. The molecule has 25 heteroatoms. The van der Waals surface area contributed by atoms with E-state index in [4.69, 9.17) is 42.2 Å². The van der Waals surface area contributed by atoms with Crippen molar-refractivity contribution in [3.8, 4) is 0 Å². The van der Waals surface area contributed by atoms with Crippen LogP contribution in [0, 0.1) is 0 Å². The number of carbonyl (C=O) groups is 3. The Labute approximate surface area is 578 Å². The number of carbonyl (C=O) groups excluding carboxylic acids is 3. The SMILES string of the molecule is CCCCCC/C=C\CCCCCCCCCC(=O)OC(COC(=O)CCCCC/C=C\CCCCCCCCC)COP(=O)(O)OC1C(OC2OC(CO)C(O)C(O)C2O)C(O)C(O)C(O)C1OC1OC(COC(=O)CCCCC/C=C\CCCCCCCC)C(O)C(O)C1O. The quantitative estimate of drug-likeness (QED) is 0.00886. The van der Waals surface area contributed by atoms with Gasteiger partial charge in [-0.15, -0.1) is 0 Å². The van der Waals surface area contributed by atoms with Crippen molar-refractivity contribution >= 4 is 25.7 Å². The Bertz CT molecular complexity index is 2150. The topological polar surface area (TPSA) is 374 Å². The Morgan fingerprint density at radius 3 is 1.13 bits per heavy atom. The van der Waals surface area contributed by atoms with Crippen LogP contribution in [0.2, 0.25) is 0 Å². The molecule has 0 aromatic rings. The Kier molecular flexibility index (Phi) is 49.1. The van der Waals surface area contributed by atoms with Gasteiger partial charge in [0.25, 0.3) is 0 Å².